The van der Waals surface area contributed by atoms with Gasteiger partial charge in [0, 0.05) is 6.54 Å². The summed E-state index contributed by atoms with van der Waals surface area (Å²) in [5.41, 5.74) is 5.53. The Morgan fingerprint density at radius 2 is 1.37 bits per heavy atom. The van der Waals surface area contributed by atoms with Gasteiger partial charge in [-0.15, -0.1) is 0 Å². The zero-order valence-corrected chi connectivity index (χ0v) is 27.5. The Kier molecular flexibility index (Phi) is 10.2. The topological polar surface area (TPSA) is 66.5 Å². The van der Waals surface area contributed by atoms with Gasteiger partial charge in [-0.05, 0) is 91.8 Å². The van der Waals surface area contributed by atoms with E-state index in [9.17, 15) is 4.79 Å². The van der Waals surface area contributed by atoms with Gasteiger partial charge in [0.2, 0.25) is 0 Å². The molecule has 4 aromatic rings. The summed E-state index contributed by atoms with van der Waals surface area (Å²) in [6.45, 7) is 9.01. The van der Waals surface area contributed by atoms with Crippen LogP contribution >= 0.6 is 0 Å². The molecule has 1 atom stereocenters. The molecule has 0 radical (unpaired) electrons. The molecular formula is C39H43NO6. The maximum absolute atomic E-state index is 13.5. The van der Waals surface area contributed by atoms with Crippen molar-refractivity contribution in [3.63, 3.8) is 0 Å². The fourth-order valence-electron chi connectivity index (χ4n) is 5.46. The van der Waals surface area contributed by atoms with E-state index in [0.29, 0.717) is 49.2 Å². The number of fused-ring (bicyclic) bond motifs is 1. The molecule has 0 N–H and O–H groups in total. The summed E-state index contributed by atoms with van der Waals surface area (Å²) in [5.74, 6) is 2.59. The summed E-state index contributed by atoms with van der Waals surface area (Å²) in [6.07, 6.45) is 4.37. The van der Waals surface area contributed by atoms with Crippen molar-refractivity contribution in [3.8, 4) is 23.0 Å². The summed E-state index contributed by atoms with van der Waals surface area (Å²) in [5, 5.41) is 0. The number of hydrogen-bond donors (Lipinski definition) is 0. The summed E-state index contributed by atoms with van der Waals surface area (Å²) < 4.78 is 29.7. The highest BCUT2D eigenvalue weighted by molar-refractivity contribution is 5.71. The largest absolute Gasteiger partial charge is 0.493 e. The normalized spacial score (nSPS) is 14.5. The van der Waals surface area contributed by atoms with Gasteiger partial charge in [0.25, 0.3) is 0 Å². The molecule has 1 heterocycles. The molecule has 0 saturated carbocycles. The van der Waals surface area contributed by atoms with Crippen LogP contribution in [-0.4, -0.2) is 37.4 Å². The Balaban J connectivity index is 1.48. The molecule has 7 nitrogen and oxygen atoms in total. The molecule has 7 heteroatoms. The number of benzene rings is 4. The van der Waals surface area contributed by atoms with Gasteiger partial charge < -0.3 is 23.7 Å². The first-order chi connectivity index (χ1) is 22.1. The zero-order valence-electron chi connectivity index (χ0n) is 27.5. The maximum atomic E-state index is 13.5. The molecule has 46 heavy (non-hydrogen) atoms. The van der Waals surface area contributed by atoms with Gasteiger partial charge in [-0.1, -0.05) is 72.8 Å². The molecule has 0 aromatic heterocycles. The molecule has 240 valence electrons. The van der Waals surface area contributed by atoms with Crippen molar-refractivity contribution >= 4 is 12.2 Å². The second-order valence-corrected chi connectivity index (χ2v) is 12.3. The van der Waals surface area contributed by atoms with Gasteiger partial charge in [0.1, 0.15) is 18.8 Å². The fourth-order valence-corrected chi connectivity index (χ4v) is 5.46. The smallest absolute Gasteiger partial charge is 0.411 e. The number of carbonyl (C=O) groups excluding carboxylic acids is 1. The van der Waals surface area contributed by atoms with E-state index in [0.717, 1.165) is 33.4 Å². The van der Waals surface area contributed by atoms with Crippen LogP contribution in [0, 0.1) is 6.92 Å². The number of hydrogen-bond acceptors (Lipinski definition) is 6. The van der Waals surface area contributed by atoms with Crippen LogP contribution in [0.3, 0.4) is 0 Å². The third-order valence-corrected chi connectivity index (χ3v) is 7.81. The molecule has 0 aliphatic carbocycles. The number of ether oxygens (including phenoxy) is 5. The van der Waals surface area contributed by atoms with Gasteiger partial charge in [0.05, 0.1) is 20.3 Å². The van der Waals surface area contributed by atoms with Crippen molar-refractivity contribution in [1.82, 2.24) is 4.90 Å². The molecule has 1 aliphatic rings. The summed E-state index contributed by atoms with van der Waals surface area (Å²) in [6, 6.07) is 27.6. The fraction of sp³-hybridized carbons (Fsp3) is 0.308. The summed E-state index contributed by atoms with van der Waals surface area (Å²) in [4.78, 5) is 15.3. The second kappa shape index (κ2) is 14.5. The first-order valence-corrected chi connectivity index (χ1v) is 15.6. The van der Waals surface area contributed by atoms with Crippen LogP contribution < -0.4 is 18.9 Å². The Labute approximate surface area is 272 Å². The van der Waals surface area contributed by atoms with Gasteiger partial charge in [-0.25, -0.2) is 4.79 Å². The minimum Gasteiger partial charge on any atom is -0.493 e. The lowest BCUT2D eigenvalue weighted by molar-refractivity contribution is 0.0185. The first kappa shape index (κ1) is 32.5. The van der Waals surface area contributed by atoms with Crippen molar-refractivity contribution in [1.29, 1.82) is 0 Å². The number of aryl methyl sites for hydroxylation is 1. The average Bonchev–Trinajstić information content (AvgIpc) is 3.05. The standard InChI is InChI=1S/C39H43NO6/c1-27-21-34(42-5)36(44-25-28-13-9-7-10-14-28)22-30(27)17-18-33-32-24-35(43-6)37(45-26-29-15-11-8-12-16-29)23-31(32)19-20-40(33)38(41)46-39(2,3)4/h7-18,21-24,33H,19-20,25-26H2,1-6H3. The van der Waals surface area contributed by atoms with Crippen molar-refractivity contribution in [3.05, 3.63) is 124 Å². The maximum Gasteiger partial charge on any atom is 0.411 e. The van der Waals surface area contributed by atoms with Gasteiger partial charge in [-0.2, -0.15) is 0 Å². The molecular weight excluding hydrogens is 578 g/mol. The van der Waals surface area contributed by atoms with E-state index in [2.05, 4.69) is 0 Å². The highest BCUT2D eigenvalue weighted by Gasteiger charge is 2.33. The molecule has 1 aliphatic heterocycles. The molecule has 0 spiro atoms. The second-order valence-electron chi connectivity index (χ2n) is 12.3. The third kappa shape index (κ3) is 8.02. The number of nitrogens with zero attached hydrogens (tertiary/aromatic N) is 1. The molecule has 0 saturated heterocycles. The number of methoxy groups -OCH3 is 2. The van der Waals surface area contributed by atoms with Crippen LogP contribution in [-0.2, 0) is 24.4 Å². The Hall–Kier alpha value is -4.91. The minimum absolute atomic E-state index is 0.366. The molecule has 0 bridgehead atoms. The van der Waals surface area contributed by atoms with E-state index < -0.39 is 11.6 Å². The molecule has 1 unspecified atom stereocenters. The number of carbonyl (C=O) groups is 1. The van der Waals surface area contributed by atoms with Crippen LogP contribution in [0.1, 0.15) is 60.2 Å². The van der Waals surface area contributed by atoms with E-state index in [4.69, 9.17) is 23.7 Å². The van der Waals surface area contributed by atoms with E-state index >= 15 is 0 Å². The average molecular weight is 622 g/mol. The number of rotatable bonds is 10. The van der Waals surface area contributed by atoms with Crippen molar-refractivity contribution in [2.75, 3.05) is 20.8 Å². The zero-order chi connectivity index (χ0) is 32.7. The van der Waals surface area contributed by atoms with E-state index in [-0.39, 0.29) is 6.09 Å². The number of amides is 1. The highest BCUT2D eigenvalue weighted by atomic mass is 16.6. The quantitative estimate of drug-likeness (QED) is 0.176. The van der Waals surface area contributed by atoms with Crippen LogP contribution in [0.2, 0.25) is 0 Å². The highest BCUT2D eigenvalue weighted by Crippen LogP contribution is 2.40. The SMILES string of the molecule is COc1cc(C)c(C=CC2c3cc(OC)c(OCc4ccccc4)cc3CCN2C(=O)OC(C)(C)C)cc1OCc1ccccc1. The van der Waals surface area contributed by atoms with Crippen LogP contribution in [0.15, 0.2) is 91.0 Å². The van der Waals surface area contributed by atoms with Crippen LogP contribution in [0.4, 0.5) is 4.79 Å². The Morgan fingerprint density at radius 3 is 1.93 bits per heavy atom. The van der Waals surface area contributed by atoms with Crippen molar-refractivity contribution in [2.45, 2.75) is 59.0 Å². The summed E-state index contributed by atoms with van der Waals surface area (Å²) >= 11 is 0. The van der Waals surface area contributed by atoms with Gasteiger partial charge in [0.15, 0.2) is 23.0 Å². The lowest BCUT2D eigenvalue weighted by Crippen LogP contribution is -2.42. The predicted molar refractivity (Wildman–Crippen MR) is 181 cm³/mol. The Morgan fingerprint density at radius 1 is 0.804 bits per heavy atom. The van der Waals surface area contributed by atoms with Gasteiger partial charge >= 0.3 is 6.09 Å². The van der Waals surface area contributed by atoms with E-state index in [1.807, 2.05) is 125 Å². The van der Waals surface area contributed by atoms with E-state index in [1.165, 1.54) is 0 Å². The third-order valence-electron chi connectivity index (χ3n) is 7.81. The minimum atomic E-state index is -0.629. The predicted octanol–water partition coefficient (Wildman–Crippen LogP) is 8.72. The lowest BCUT2D eigenvalue weighted by atomic mass is 9.91. The Bertz CT molecular complexity index is 1660. The van der Waals surface area contributed by atoms with Crippen LogP contribution in [0.25, 0.3) is 6.08 Å². The van der Waals surface area contributed by atoms with Crippen molar-refractivity contribution < 1.29 is 28.5 Å². The van der Waals surface area contributed by atoms with E-state index in [1.54, 1.807) is 19.1 Å². The lowest BCUT2D eigenvalue weighted by Gasteiger charge is -2.37. The van der Waals surface area contributed by atoms with Crippen LogP contribution in [0.5, 0.6) is 23.0 Å². The first-order valence-electron chi connectivity index (χ1n) is 15.6. The molecule has 1 amide bonds. The summed E-state index contributed by atoms with van der Waals surface area (Å²) in [7, 11) is 3.27. The molecule has 4 aromatic carbocycles. The monoisotopic (exact) mass is 621 g/mol. The van der Waals surface area contributed by atoms with Gasteiger partial charge in [-0.3, -0.25) is 4.90 Å². The molecule has 0 fully saturated rings. The molecule has 5 rings (SSSR count). The van der Waals surface area contributed by atoms with Crippen molar-refractivity contribution in [2.24, 2.45) is 0 Å².